The zero-order valence-corrected chi connectivity index (χ0v) is 32.1. The maximum atomic E-state index is 12.9. The first kappa shape index (κ1) is 41.7. The van der Waals surface area contributed by atoms with Gasteiger partial charge in [-0.15, -0.1) is 0 Å². The normalized spacial score (nSPS) is 14.2. The van der Waals surface area contributed by atoms with Gasteiger partial charge in [0, 0.05) is 55.6 Å². The van der Waals surface area contributed by atoms with Gasteiger partial charge >= 0.3 is 45.2 Å². The number of rotatable bonds is 14. The molecule has 0 fully saturated rings. The zero-order valence-electron chi connectivity index (χ0n) is 28.8. The van der Waals surface area contributed by atoms with E-state index in [0.29, 0.717) is 77.0 Å². The first-order chi connectivity index (χ1) is 24.8. The summed E-state index contributed by atoms with van der Waals surface area (Å²) in [6.45, 7) is 0.921. The number of allylic oxidation sites excluding steroid dienone is 2. The molecule has 15 nitrogen and oxygen atoms in total. The molecule has 0 atom stereocenters. The summed E-state index contributed by atoms with van der Waals surface area (Å²) in [7, 11) is 6.26. The average molecular weight is 833 g/mol. The number of ether oxygens (including phenoxy) is 4. The number of anilines is 2. The van der Waals surface area contributed by atoms with E-state index in [1.54, 1.807) is 71.1 Å². The predicted molar refractivity (Wildman–Crippen MR) is 184 cm³/mol. The molecule has 272 valence electrons. The van der Waals surface area contributed by atoms with Gasteiger partial charge in [-0.05, 0) is 42.7 Å². The molecule has 2 aliphatic rings. The number of hydrogen-bond acceptors (Lipinski definition) is 11. The number of hydrogen-bond donors (Lipinski definition) is 3. The summed E-state index contributed by atoms with van der Waals surface area (Å²) >= 11 is -2.00. The van der Waals surface area contributed by atoms with Gasteiger partial charge in [0.25, 0.3) is 5.91 Å². The molecule has 3 heterocycles. The van der Waals surface area contributed by atoms with E-state index >= 15 is 0 Å². The summed E-state index contributed by atoms with van der Waals surface area (Å²) < 4.78 is 38.3. The molecule has 3 aromatic rings. The van der Waals surface area contributed by atoms with Gasteiger partial charge in [-0.2, -0.15) is 23.8 Å². The van der Waals surface area contributed by atoms with Gasteiger partial charge in [0.15, 0.2) is 17.8 Å². The third kappa shape index (κ3) is 11.4. The molecular formula is C35H37N7O8RuTi. The minimum Gasteiger partial charge on any atom is 2.00 e. The summed E-state index contributed by atoms with van der Waals surface area (Å²) in [4.78, 5) is 34.2. The number of nitrogens with zero attached hydrogens (tertiary/aromatic N) is 4. The number of benzene rings is 2. The monoisotopic (exact) mass is 833 g/mol. The molecule has 2 amide bonds. The Hall–Kier alpha value is -4.72. The SMILES string of the molecule is COc1cc2ncnc(Nc3cccc(C(=O)NCCCCNC(=O)C4=C[N-]C(=C5C=CC(C(OC)OC)=C[N-]5)C=C4)c3)c2cc1OC.[O]=[Ti]=[O].[Ru+2]. The maximum Gasteiger partial charge on any atom is 2.00 e. The van der Waals surface area contributed by atoms with Gasteiger partial charge in [-0.3, -0.25) is 9.59 Å². The van der Waals surface area contributed by atoms with Crippen molar-refractivity contribution in [1.82, 2.24) is 20.6 Å². The van der Waals surface area contributed by atoms with Crippen molar-refractivity contribution in [2.45, 2.75) is 19.1 Å². The Kier molecular flexibility index (Phi) is 17.3. The molecular weight excluding hydrogens is 795 g/mol. The number of fused-ring (bicyclic) bond motifs is 1. The second-order valence-electron chi connectivity index (χ2n) is 10.7. The van der Waals surface area contributed by atoms with Crippen LogP contribution in [0.3, 0.4) is 0 Å². The van der Waals surface area contributed by atoms with Crippen LogP contribution in [0, 0.1) is 0 Å². The number of amides is 2. The minimum atomic E-state index is -2.00. The van der Waals surface area contributed by atoms with Crippen molar-refractivity contribution in [2.75, 3.05) is 46.8 Å². The van der Waals surface area contributed by atoms with E-state index < -0.39 is 25.4 Å². The summed E-state index contributed by atoms with van der Waals surface area (Å²) in [5, 5.41) is 18.7. The molecule has 2 aromatic carbocycles. The van der Waals surface area contributed by atoms with Crippen molar-refractivity contribution in [2.24, 2.45) is 0 Å². The minimum absolute atomic E-state index is 0. The van der Waals surface area contributed by atoms with Crippen LogP contribution in [0.2, 0.25) is 0 Å². The molecule has 0 aliphatic carbocycles. The fourth-order valence-corrected chi connectivity index (χ4v) is 4.96. The Morgan fingerprint density at radius 1 is 0.808 bits per heavy atom. The van der Waals surface area contributed by atoms with Crippen LogP contribution in [0.15, 0.2) is 102 Å². The van der Waals surface area contributed by atoms with Crippen molar-refractivity contribution >= 4 is 34.2 Å². The number of methoxy groups -OCH3 is 4. The molecule has 0 radical (unpaired) electrons. The number of carbonyl (C=O) groups excluding carboxylic acids is 2. The van der Waals surface area contributed by atoms with Crippen molar-refractivity contribution in [3.63, 3.8) is 0 Å². The first-order valence-corrected chi connectivity index (χ1v) is 16.9. The third-order valence-corrected chi connectivity index (χ3v) is 7.48. The number of nitrogens with one attached hydrogen (secondary N) is 3. The smallest absolute Gasteiger partial charge is 2.00 e. The van der Waals surface area contributed by atoms with Gasteiger partial charge in [-0.1, -0.05) is 30.4 Å². The standard InChI is InChI=1S/C35H38N7O6.2O.Ru.Ti/c1-45-30-17-26-29(18-31(30)46-2)40-21-41-32(26)42-25-9-7-8-22(16-25)33(43)36-14-5-6-15-37-34(44)23-10-12-27(38-19-23)28-13-11-24(20-39-28)35(47-3)48-4;;;;/h7-13,16-21,35H,5-6,14-15H2,1-4H3,(H4,36,37,38,40,41,42,43,44);;;;/q-1;;;+2;/p-1. The molecule has 0 spiro atoms. The number of aromatic nitrogens is 2. The van der Waals surface area contributed by atoms with Gasteiger partial charge in [0.2, 0.25) is 5.91 Å². The molecule has 0 unspecified atom stereocenters. The van der Waals surface area contributed by atoms with Crippen LogP contribution in [0.5, 0.6) is 11.5 Å². The summed E-state index contributed by atoms with van der Waals surface area (Å²) in [5.41, 5.74) is 4.43. The van der Waals surface area contributed by atoms with Gasteiger partial charge < -0.3 is 45.5 Å². The Labute approximate surface area is 322 Å². The zero-order chi connectivity index (χ0) is 36.6. The fourth-order valence-electron chi connectivity index (χ4n) is 4.96. The Morgan fingerprint density at radius 3 is 2.04 bits per heavy atom. The summed E-state index contributed by atoms with van der Waals surface area (Å²) in [6, 6.07) is 10.7. The molecule has 52 heavy (non-hydrogen) atoms. The molecule has 0 bridgehead atoms. The average Bonchev–Trinajstić information content (AvgIpc) is 3.17. The summed E-state index contributed by atoms with van der Waals surface area (Å²) in [6.07, 6.45) is 12.7. The van der Waals surface area contributed by atoms with E-state index in [9.17, 15) is 9.59 Å². The molecule has 3 N–H and O–H groups in total. The third-order valence-electron chi connectivity index (χ3n) is 7.48. The second kappa shape index (κ2) is 21.6. The van der Waals surface area contributed by atoms with Gasteiger partial charge in [0.1, 0.15) is 12.1 Å². The molecule has 0 saturated carbocycles. The quantitative estimate of drug-likeness (QED) is 0.109. The van der Waals surface area contributed by atoms with E-state index in [2.05, 4.69) is 36.6 Å². The van der Waals surface area contributed by atoms with Crippen LogP contribution in [0.1, 0.15) is 23.2 Å². The fraction of sp³-hybridized carbons (Fsp3) is 0.257. The van der Waals surface area contributed by atoms with Crippen LogP contribution in [-0.4, -0.2) is 69.6 Å². The number of carbonyl (C=O) groups is 2. The number of unbranched alkanes of at least 4 members (excludes halogenated alkanes) is 1. The Bertz CT molecular complexity index is 1920. The van der Waals surface area contributed by atoms with Gasteiger partial charge in [-0.25, -0.2) is 9.97 Å². The largest absolute Gasteiger partial charge is 2.00 e. The van der Waals surface area contributed by atoms with E-state index in [4.69, 9.17) is 25.6 Å². The van der Waals surface area contributed by atoms with Crippen molar-refractivity contribution in [1.29, 1.82) is 0 Å². The van der Waals surface area contributed by atoms with E-state index in [1.165, 1.54) is 12.5 Å². The first-order valence-electron chi connectivity index (χ1n) is 15.6. The maximum absolute atomic E-state index is 12.9. The molecule has 17 heteroatoms. The Balaban J connectivity index is 0.00000176. The van der Waals surface area contributed by atoms with Crippen LogP contribution in [0.25, 0.3) is 21.5 Å². The molecule has 5 rings (SSSR count). The predicted octanol–water partition coefficient (Wildman–Crippen LogP) is 5.26. The van der Waals surface area contributed by atoms with E-state index in [-0.39, 0.29) is 31.3 Å². The van der Waals surface area contributed by atoms with Gasteiger partial charge in [0.05, 0.1) is 19.7 Å². The van der Waals surface area contributed by atoms with Crippen molar-refractivity contribution < 1.29 is 73.8 Å². The second-order valence-corrected chi connectivity index (χ2v) is 10.9. The van der Waals surface area contributed by atoms with E-state index in [1.807, 2.05) is 24.3 Å². The van der Waals surface area contributed by atoms with E-state index in [0.717, 1.165) is 11.0 Å². The summed E-state index contributed by atoms with van der Waals surface area (Å²) in [5.74, 6) is 1.27. The van der Waals surface area contributed by atoms with Crippen molar-refractivity contribution in [3.05, 3.63) is 118 Å². The Morgan fingerprint density at radius 2 is 1.44 bits per heavy atom. The van der Waals surface area contributed by atoms with Crippen LogP contribution >= 0.6 is 0 Å². The molecule has 0 saturated heterocycles. The van der Waals surface area contributed by atoms with Crippen LogP contribution in [0.4, 0.5) is 11.5 Å². The molecule has 1 aromatic heterocycles. The topological polar surface area (TPSA) is 195 Å². The van der Waals surface area contributed by atoms with Crippen molar-refractivity contribution in [3.8, 4) is 11.5 Å². The van der Waals surface area contributed by atoms with Crippen LogP contribution in [-0.2, 0) is 59.5 Å². The van der Waals surface area contributed by atoms with Crippen LogP contribution < -0.4 is 25.4 Å². The molecule has 2 aliphatic heterocycles.